The van der Waals surface area contributed by atoms with E-state index in [1.165, 1.54) is 0 Å². The van der Waals surface area contributed by atoms with E-state index in [0.29, 0.717) is 31.1 Å². The minimum absolute atomic E-state index is 0.0298. The molecule has 0 N–H and O–H groups in total. The fourth-order valence-electron chi connectivity index (χ4n) is 3.44. The van der Waals surface area contributed by atoms with Crippen molar-refractivity contribution in [3.8, 4) is 0 Å². The number of nitrogens with zero attached hydrogens (tertiary/aromatic N) is 4. The van der Waals surface area contributed by atoms with Crippen LogP contribution >= 0.6 is 15.9 Å². The molecule has 2 heterocycles. The average Bonchev–Trinajstić information content (AvgIpc) is 2.73. The van der Waals surface area contributed by atoms with Crippen LogP contribution in [0.15, 0.2) is 64.1 Å². The van der Waals surface area contributed by atoms with Crippen LogP contribution in [0.1, 0.15) is 18.8 Å². The lowest BCUT2D eigenvalue weighted by Gasteiger charge is -2.36. The number of hydrogen-bond donors (Lipinski definition) is 0. The van der Waals surface area contributed by atoms with Crippen molar-refractivity contribution < 1.29 is 8.42 Å². The Morgan fingerprint density at radius 2 is 1.68 bits per heavy atom. The largest absolute Gasteiger partial charge is 0.291 e. The zero-order chi connectivity index (χ0) is 19.7. The summed E-state index contributed by atoms with van der Waals surface area (Å²) in [4.78, 5) is 11.8. The van der Waals surface area contributed by atoms with Gasteiger partial charge in [-0.3, -0.25) is 4.90 Å². The maximum atomic E-state index is 12.9. The van der Waals surface area contributed by atoms with Crippen molar-refractivity contribution in [2.45, 2.75) is 17.9 Å². The second-order valence-corrected chi connectivity index (χ2v) is 9.71. The lowest BCUT2D eigenvalue weighted by Crippen LogP contribution is -2.49. The van der Waals surface area contributed by atoms with Crippen molar-refractivity contribution >= 4 is 36.9 Å². The fourth-order valence-corrected chi connectivity index (χ4v) is 5.12. The second kappa shape index (κ2) is 7.87. The molecule has 1 saturated heterocycles. The third-order valence-corrected chi connectivity index (χ3v) is 7.60. The first kappa shape index (κ1) is 19.4. The van der Waals surface area contributed by atoms with Gasteiger partial charge >= 0.3 is 0 Å². The second-order valence-electron chi connectivity index (χ2n) is 6.86. The molecule has 8 heteroatoms. The van der Waals surface area contributed by atoms with Gasteiger partial charge < -0.3 is 0 Å². The molecule has 0 aliphatic carbocycles. The zero-order valence-corrected chi connectivity index (χ0v) is 17.9. The van der Waals surface area contributed by atoms with Crippen molar-refractivity contribution in [2.24, 2.45) is 0 Å². The summed E-state index contributed by atoms with van der Waals surface area (Å²) in [6, 6.07) is 14.7. The number of fused-ring (bicyclic) bond motifs is 1. The molecule has 0 spiro atoms. The predicted octanol–water partition coefficient (Wildman–Crippen LogP) is 3.46. The molecule has 4 rings (SSSR count). The lowest BCUT2D eigenvalue weighted by molar-refractivity contribution is 0.141. The minimum Gasteiger partial charge on any atom is -0.291 e. The first-order valence-corrected chi connectivity index (χ1v) is 11.4. The molecule has 2 aromatic carbocycles. The Labute approximate surface area is 173 Å². The molecule has 1 aliphatic rings. The molecule has 1 aliphatic heterocycles. The molecule has 3 aromatic rings. The van der Waals surface area contributed by atoms with Gasteiger partial charge in [0.25, 0.3) is 0 Å². The SMILES string of the molecule is CC(c1ncc2ccccc2n1)N1CCN(S(=O)(=O)c2ccc(Br)cc2)CC1. The van der Waals surface area contributed by atoms with Crippen LogP contribution in [0.4, 0.5) is 0 Å². The molecule has 28 heavy (non-hydrogen) atoms. The molecule has 1 unspecified atom stereocenters. The van der Waals surface area contributed by atoms with Crippen LogP contribution in [0.2, 0.25) is 0 Å². The number of benzene rings is 2. The van der Waals surface area contributed by atoms with E-state index in [-0.39, 0.29) is 6.04 Å². The number of piperazine rings is 1. The van der Waals surface area contributed by atoms with E-state index in [4.69, 9.17) is 0 Å². The third-order valence-electron chi connectivity index (χ3n) is 5.15. The molecule has 6 nitrogen and oxygen atoms in total. The van der Waals surface area contributed by atoms with Crippen LogP contribution in [0, 0.1) is 0 Å². The van der Waals surface area contributed by atoms with Gasteiger partial charge in [-0.2, -0.15) is 4.31 Å². The molecule has 0 bridgehead atoms. The molecule has 1 fully saturated rings. The Balaban J connectivity index is 1.46. The molecule has 0 saturated carbocycles. The van der Waals surface area contributed by atoms with Crippen molar-refractivity contribution in [1.29, 1.82) is 0 Å². The highest BCUT2D eigenvalue weighted by Crippen LogP contribution is 2.24. The van der Waals surface area contributed by atoms with Crippen LogP contribution in [-0.2, 0) is 10.0 Å². The lowest BCUT2D eigenvalue weighted by atomic mass is 10.2. The smallest absolute Gasteiger partial charge is 0.243 e. The number of para-hydroxylation sites is 1. The number of hydrogen-bond acceptors (Lipinski definition) is 5. The Bertz CT molecular complexity index is 1080. The Morgan fingerprint density at radius 1 is 1.00 bits per heavy atom. The first-order valence-electron chi connectivity index (χ1n) is 9.16. The van der Waals surface area contributed by atoms with Crippen LogP contribution in [-0.4, -0.2) is 53.8 Å². The molecule has 1 atom stereocenters. The molecule has 1 aromatic heterocycles. The molecule has 0 radical (unpaired) electrons. The number of aromatic nitrogens is 2. The van der Waals surface area contributed by atoms with E-state index >= 15 is 0 Å². The monoisotopic (exact) mass is 460 g/mol. The normalized spacial score (nSPS) is 17.6. The Kier molecular flexibility index (Phi) is 5.46. The summed E-state index contributed by atoms with van der Waals surface area (Å²) in [7, 11) is -3.47. The minimum atomic E-state index is -3.47. The van der Waals surface area contributed by atoms with Crippen LogP contribution < -0.4 is 0 Å². The molecule has 146 valence electrons. The van der Waals surface area contributed by atoms with Crippen LogP contribution in [0.25, 0.3) is 10.9 Å². The van der Waals surface area contributed by atoms with E-state index in [0.717, 1.165) is 21.2 Å². The zero-order valence-electron chi connectivity index (χ0n) is 15.5. The Morgan fingerprint density at radius 3 is 2.39 bits per heavy atom. The maximum absolute atomic E-state index is 12.9. The van der Waals surface area contributed by atoms with Gasteiger partial charge in [0.1, 0.15) is 5.82 Å². The number of halogens is 1. The van der Waals surface area contributed by atoms with Gasteiger partial charge in [0, 0.05) is 42.2 Å². The van der Waals surface area contributed by atoms with Gasteiger partial charge in [-0.25, -0.2) is 18.4 Å². The van der Waals surface area contributed by atoms with Crippen molar-refractivity contribution in [3.05, 3.63) is 65.0 Å². The number of sulfonamides is 1. The highest BCUT2D eigenvalue weighted by Gasteiger charge is 2.31. The standard InChI is InChI=1S/C20H21BrN4O2S/c1-15(20-22-14-16-4-2-3-5-19(16)23-20)24-10-12-25(13-11-24)28(26,27)18-8-6-17(21)7-9-18/h2-9,14-15H,10-13H2,1H3. The third kappa shape index (κ3) is 3.82. The van der Waals surface area contributed by atoms with E-state index in [1.54, 1.807) is 28.6 Å². The molecular weight excluding hydrogens is 440 g/mol. The van der Waals surface area contributed by atoms with Crippen molar-refractivity contribution in [2.75, 3.05) is 26.2 Å². The van der Waals surface area contributed by atoms with E-state index in [9.17, 15) is 8.42 Å². The fraction of sp³-hybridized carbons (Fsp3) is 0.300. The van der Waals surface area contributed by atoms with Gasteiger partial charge in [0.2, 0.25) is 10.0 Å². The highest BCUT2D eigenvalue weighted by atomic mass is 79.9. The van der Waals surface area contributed by atoms with Gasteiger partial charge in [-0.15, -0.1) is 0 Å². The summed E-state index contributed by atoms with van der Waals surface area (Å²) in [6.45, 7) is 4.27. The summed E-state index contributed by atoms with van der Waals surface area (Å²) < 4.78 is 28.1. The number of rotatable bonds is 4. The molecular formula is C20H21BrN4O2S. The quantitative estimate of drug-likeness (QED) is 0.596. The topological polar surface area (TPSA) is 66.4 Å². The summed E-state index contributed by atoms with van der Waals surface area (Å²) >= 11 is 3.34. The van der Waals surface area contributed by atoms with Gasteiger partial charge in [0.15, 0.2) is 0 Å². The summed E-state index contributed by atoms with van der Waals surface area (Å²) in [5.74, 6) is 0.767. The van der Waals surface area contributed by atoms with Crippen molar-refractivity contribution in [1.82, 2.24) is 19.2 Å². The van der Waals surface area contributed by atoms with Crippen molar-refractivity contribution in [3.63, 3.8) is 0 Å². The van der Waals surface area contributed by atoms with Crippen LogP contribution in [0.3, 0.4) is 0 Å². The van der Waals surface area contributed by atoms with Gasteiger partial charge in [0.05, 0.1) is 16.5 Å². The summed E-state index contributed by atoms with van der Waals surface area (Å²) in [5, 5.41) is 1.02. The predicted molar refractivity (Wildman–Crippen MR) is 112 cm³/mol. The van der Waals surface area contributed by atoms with Crippen LogP contribution in [0.5, 0.6) is 0 Å². The Hall–Kier alpha value is -1.87. The van der Waals surface area contributed by atoms with E-state index in [2.05, 4.69) is 37.7 Å². The summed E-state index contributed by atoms with van der Waals surface area (Å²) in [6.07, 6.45) is 1.85. The summed E-state index contributed by atoms with van der Waals surface area (Å²) in [5.41, 5.74) is 0.927. The van der Waals surface area contributed by atoms with E-state index in [1.807, 2.05) is 30.5 Å². The maximum Gasteiger partial charge on any atom is 0.243 e. The van der Waals surface area contributed by atoms with Gasteiger partial charge in [-0.1, -0.05) is 34.1 Å². The van der Waals surface area contributed by atoms with Gasteiger partial charge in [-0.05, 0) is 37.3 Å². The average molecular weight is 461 g/mol. The van der Waals surface area contributed by atoms with E-state index < -0.39 is 10.0 Å². The molecule has 0 amide bonds. The highest BCUT2D eigenvalue weighted by molar-refractivity contribution is 9.10. The first-order chi connectivity index (χ1) is 13.4.